The standard InChI is InChI=1S/C14H23NO2/c1-3-8-15-13(10-16)11-17-14-7-5-6-12(4-2)9-14/h5-7,9,13,15-16H,3-4,8,10-11H2,1-2H3. The van der Waals surface area contributed by atoms with Crippen LogP contribution in [0.1, 0.15) is 25.8 Å². The van der Waals surface area contributed by atoms with E-state index in [1.54, 1.807) is 0 Å². The maximum absolute atomic E-state index is 9.19. The normalized spacial score (nSPS) is 12.4. The number of aliphatic hydroxyl groups excluding tert-OH is 1. The lowest BCUT2D eigenvalue weighted by Crippen LogP contribution is -2.38. The van der Waals surface area contributed by atoms with Crippen LogP contribution in [-0.4, -0.2) is 30.9 Å². The molecule has 96 valence electrons. The van der Waals surface area contributed by atoms with Crippen LogP contribution in [0.3, 0.4) is 0 Å². The molecule has 2 N–H and O–H groups in total. The monoisotopic (exact) mass is 237 g/mol. The van der Waals surface area contributed by atoms with Crippen LogP contribution in [0.25, 0.3) is 0 Å². The fourth-order valence-electron chi connectivity index (χ4n) is 1.58. The van der Waals surface area contributed by atoms with Crippen LogP contribution in [-0.2, 0) is 6.42 Å². The van der Waals surface area contributed by atoms with Crippen LogP contribution < -0.4 is 10.1 Å². The Bertz CT molecular complexity index is 315. The molecular formula is C14H23NO2. The van der Waals surface area contributed by atoms with Gasteiger partial charge in [-0.2, -0.15) is 0 Å². The van der Waals surface area contributed by atoms with E-state index in [0.29, 0.717) is 6.61 Å². The van der Waals surface area contributed by atoms with Crippen molar-refractivity contribution in [3.63, 3.8) is 0 Å². The topological polar surface area (TPSA) is 41.5 Å². The molecule has 0 aliphatic heterocycles. The molecule has 1 atom stereocenters. The quantitative estimate of drug-likeness (QED) is 0.726. The van der Waals surface area contributed by atoms with Crippen molar-refractivity contribution in [1.29, 1.82) is 0 Å². The van der Waals surface area contributed by atoms with E-state index in [2.05, 4.69) is 25.2 Å². The Balaban J connectivity index is 2.41. The average molecular weight is 237 g/mol. The average Bonchev–Trinajstić information content (AvgIpc) is 2.39. The largest absolute Gasteiger partial charge is 0.492 e. The van der Waals surface area contributed by atoms with Gasteiger partial charge in [-0.05, 0) is 37.1 Å². The van der Waals surface area contributed by atoms with Crippen molar-refractivity contribution in [3.8, 4) is 5.75 Å². The van der Waals surface area contributed by atoms with Crippen molar-refractivity contribution in [3.05, 3.63) is 29.8 Å². The molecule has 0 saturated carbocycles. The van der Waals surface area contributed by atoms with Crippen LogP contribution >= 0.6 is 0 Å². The van der Waals surface area contributed by atoms with Crippen molar-refractivity contribution < 1.29 is 9.84 Å². The summed E-state index contributed by atoms with van der Waals surface area (Å²) in [6, 6.07) is 8.11. The zero-order valence-electron chi connectivity index (χ0n) is 10.8. The molecule has 3 nitrogen and oxygen atoms in total. The first kappa shape index (κ1) is 14.0. The molecule has 1 rings (SSSR count). The predicted molar refractivity (Wildman–Crippen MR) is 70.5 cm³/mol. The summed E-state index contributed by atoms with van der Waals surface area (Å²) in [5.41, 5.74) is 1.27. The summed E-state index contributed by atoms with van der Waals surface area (Å²) in [7, 11) is 0. The second-order valence-electron chi connectivity index (χ2n) is 4.15. The predicted octanol–water partition coefficient (Wildman–Crippen LogP) is 1.99. The van der Waals surface area contributed by atoms with Crippen molar-refractivity contribution in [1.82, 2.24) is 5.32 Å². The van der Waals surface area contributed by atoms with Crippen LogP contribution in [0.15, 0.2) is 24.3 Å². The third kappa shape index (κ3) is 5.20. The van der Waals surface area contributed by atoms with E-state index in [1.165, 1.54) is 5.56 Å². The van der Waals surface area contributed by atoms with Crippen LogP contribution in [0, 0.1) is 0 Å². The summed E-state index contributed by atoms with van der Waals surface area (Å²) >= 11 is 0. The van der Waals surface area contributed by atoms with Gasteiger partial charge in [0.2, 0.25) is 0 Å². The van der Waals surface area contributed by atoms with Crippen LogP contribution in [0.5, 0.6) is 5.75 Å². The van der Waals surface area contributed by atoms with E-state index in [0.717, 1.165) is 25.1 Å². The molecule has 0 aliphatic carbocycles. The summed E-state index contributed by atoms with van der Waals surface area (Å²) in [5, 5.41) is 12.4. The number of aliphatic hydroxyl groups is 1. The van der Waals surface area contributed by atoms with Gasteiger partial charge < -0.3 is 15.2 Å². The molecule has 17 heavy (non-hydrogen) atoms. The molecule has 0 fully saturated rings. The van der Waals surface area contributed by atoms with E-state index < -0.39 is 0 Å². The van der Waals surface area contributed by atoms with Crippen LogP contribution in [0.4, 0.5) is 0 Å². The highest BCUT2D eigenvalue weighted by atomic mass is 16.5. The van der Waals surface area contributed by atoms with Gasteiger partial charge in [0.05, 0.1) is 12.6 Å². The molecule has 0 bridgehead atoms. The fraction of sp³-hybridized carbons (Fsp3) is 0.571. The highest BCUT2D eigenvalue weighted by Crippen LogP contribution is 2.13. The van der Waals surface area contributed by atoms with Gasteiger partial charge >= 0.3 is 0 Å². The van der Waals surface area contributed by atoms with Crippen LogP contribution in [0.2, 0.25) is 0 Å². The summed E-state index contributed by atoms with van der Waals surface area (Å²) in [6.07, 6.45) is 2.07. The highest BCUT2D eigenvalue weighted by molar-refractivity contribution is 5.28. The molecule has 1 aromatic carbocycles. The lowest BCUT2D eigenvalue weighted by Gasteiger charge is -2.16. The number of rotatable bonds is 8. The van der Waals surface area contributed by atoms with Crippen molar-refractivity contribution in [2.75, 3.05) is 19.8 Å². The first-order valence-corrected chi connectivity index (χ1v) is 6.36. The third-order valence-electron chi connectivity index (χ3n) is 2.66. The zero-order valence-corrected chi connectivity index (χ0v) is 10.8. The summed E-state index contributed by atoms with van der Waals surface area (Å²) in [4.78, 5) is 0. The fourth-order valence-corrected chi connectivity index (χ4v) is 1.58. The number of aryl methyl sites for hydroxylation is 1. The van der Waals surface area contributed by atoms with E-state index in [9.17, 15) is 5.11 Å². The lowest BCUT2D eigenvalue weighted by molar-refractivity contribution is 0.183. The number of hydrogen-bond donors (Lipinski definition) is 2. The molecular weight excluding hydrogens is 214 g/mol. The van der Waals surface area contributed by atoms with Crippen molar-refractivity contribution in [2.24, 2.45) is 0 Å². The van der Waals surface area contributed by atoms with Gasteiger partial charge in [0.1, 0.15) is 12.4 Å². The number of nitrogens with one attached hydrogen (secondary N) is 1. The molecule has 3 heteroatoms. The summed E-state index contributed by atoms with van der Waals surface area (Å²) in [6.45, 7) is 5.74. The van der Waals surface area contributed by atoms with E-state index in [4.69, 9.17) is 4.74 Å². The number of ether oxygens (including phenoxy) is 1. The Morgan fingerprint density at radius 3 is 2.82 bits per heavy atom. The van der Waals surface area contributed by atoms with E-state index >= 15 is 0 Å². The maximum atomic E-state index is 9.19. The van der Waals surface area contributed by atoms with E-state index in [-0.39, 0.29) is 12.6 Å². The second kappa shape index (κ2) is 8.09. The minimum atomic E-state index is 0.0141. The lowest BCUT2D eigenvalue weighted by atomic mass is 10.2. The summed E-state index contributed by atoms with van der Waals surface area (Å²) < 4.78 is 5.68. The molecule has 0 saturated heterocycles. The van der Waals surface area contributed by atoms with Gasteiger partial charge in [0.25, 0.3) is 0 Å². The molecule has 0 aliphatic rings. The van der Waals surface area contributed by atoms with Gasteiger partial charge in [-0.25, -0.2) is 0 Å². The Morgan fingerprint density at radius 2 is 2.18 bits per heavy atom. The SMILES string of the molecule is CCCNC(CO)COc1cccc(CC)c1. The zero-order chi connectivity index (χ0) is 12.5. The Hall–Kier alpha value is -1.06. The molecule has 1 aromatic rings. The Morgan fingerprint density at radius 1 is 1.35 bits per heavy atom. The van der Waals surface area contributed by atoms with Gasteiger partial charge in [0, 0.05) is 0 Å². The minimum absolute atomic E-state index is 0.0141. The molecule has 0 heterocycles. The van der Waals surface area contributed by atoms with Gasteiger partial charge in [-0.1, -0.05) is 26.0 Å². The van der Waals surface area contributed by atoms with Gasteiger partial charge in [-0.15, -0.1) is 0 Å². The third-order valence-corrected chi connectivity index (χ3v) is 2.66. The number of benzene rings is 1. The second-order valence-corrected chi connectivity index (χ2v) is 4.15. The maximum Gasteiger partial charge on any atom is 0.119 e. The number of hydrogen-bond acceptors (Lipinski definition) is 3. The molecule has 0 radical (unpaired) electrons. The van der Waals surface area contributed by atoms with Gasteiger partial charge in [0.15, 0.2) is 0 Å². The first-order valence-electron chi connectivity index (χ1n) is 6.36. The Kier molecular flexibility index (Phi) is 6.67. The first-order chi connectivity index (χ1) is 8.30. The van der Waals surface area contributed by atoms with Crippen molar-refractivity contribution in [2.45, 2.75) is 32.7 Å². The molecule has 0 amide bonds. The molecule has 0 aromatic heterocycles. The van der Waals surface area contributed by atoms with Gasteiger partial charge in [-0.3, -0.25) is 0 Å². The van der Waals surface area contributed by atoms with Crippen molar-refractivity contribution >= 4 is 0 Å². The minimum Gasteiger partial charge on any atom is -0.492 e. The van der Waals surface area contributed by atoms with E-state index in [1.807, 2.05) is 18.2 Å². The Labute approximate surface area is 104 Å². The summed E-state index contributed by atoms with van der Waals surface area (Å²) in [5.74, 6) is 0.876. The molecule has 0 spiro atoms. The highest BCUT2D eigenvalue weighted by Gasteiger charge is 2.06. The molecule has 1 unspecified atom stereocenters. The smallest absolute Gasteiger partial charge is 0.119 e.